The first-order valence-corrected chi connectivity index (χ1v) is 7.57. The van der Waals surface area contributed by atoms with Gasteiger partial charge in [-0.1, -0.05) is 24.3 Å². The summed E-state index contributed by atoms with van der Waals surface area (Å²) in [5, 5.41) is 19.8. The molecule has 0 aromatic heterocycles. The maximum absolute atomic E-state index is 11.1. The predicted molar refractivity (Wildman–Crippen MR) is 93.4 cm³/mol. The lowest BCUT2D eigenvalue weighted by molar-refractivity contribution is -0.132. The lowest BCUT2D eigenvalue weighted by Crippen LogP contribution is -2.03. The lowest BCUT2D eigenvalue weighted by atomic mass is 10.1. The van der Waals surface area contributed by atoms with E-state index in [2.05, 4.69) is 0 Å². The predicted octanol–water partition coefficient (Wildman–Crippen LogP) is 3.30. The van der Waals surface area contributed by atoms with Crippen molar-refractivity contribution in [3.8, 4) is 28.7 Å². The van der Waals surface area contributed by atoms with Crippen LogP contribution in [0.15, 0.2) is 36.4 Å². The van der Waals surface area contributed by atoms with Crippen LogP contribution in [0.25, 0.3) is 6.08 Å². The number of aromatic hydroxyl groups is 2. The Labute approximate surface area is 145 Å². The van der Waals surface area contributed by atoms with Gasteiger partial charge in [-0.05, 0) is 30.2 Å². The summed E-state index contributed by atoms with van der Waals surface area (Å²) in [6.45, 7) is 1.32. The second-order valence-electron chi connectivity index (χ2n) is 5.23. The van der Waals surface area contributed by atoms with E-state index in [1.807, 2.05) is 12.2 Å². The Balaban J connectivity index is 2.15. The maximum Gasteiger partial charge on any atom is 0.308 e. The first-order chi connectivity index (χ1) is 12.0. The second kappa shape index (κ2) is 8.10. The van der Waals surface area contributed by atoms with Crippen LogP contribution >= 0.6 is 0 Å². The quantitative estimate of drug-likeness (QED) is 0.475. The van der Waals surface area contributed by atoms with Gasteiger partial charge in [0.15, 0.2) is 23.0 Å². The molecule has 0 saturated heterocycles. The molecule has 0 bridgehead atoms. The molecular formula is C19H20O6. The maximum atomic E-state index is 11.1. The van der Waals surface area contributed by atoms with Gasteiger partial charge in [0.1, 0.15) is 0 Å². The molecule has 0 fully saturated rings. The number of phenols is 2. The van der Waals surface area contributed by atoms with Crippen molar-refractivity contribution in [2.24, 2.45) is 0 Å². The number of rotatable bonds is 6. The van der Waals surface area contributed by atoms with Gasteiger partial charge in [0.05, 0.1) is 14.2 Å². The van der Waals surface area contributed by atoms with E-state index in [4.69, 9.17) is 14.2 Å². The van der Waals surface area contributed by atoms with Crippen molar-refractivity contribution in [3.63, 3.8) is 0 Å². The molecule has 2 rings (SSSR count). The van der Waals surface area contributed by atoms with Crippen molar-refractivity contribution in [2.45, 2.75) is 13.3 Å². The Bertz CT molecular complexity index is 795. The lowest BCUT2D eigenvalue weighted by Gasteiger charge is -2.09. The van der Waals surface area contributed by atoms with Crippen molar-refractivity contribution < 1.29 is 29.2 Å². The number of hydrogen-bond donors (Lipinski definition) is 2. The van der Waals surface area contributed by atoms with Crippen LogP contribution < -0.4 is 14.2 Å². The van der Waals surface area contributed by atoms with Gasteiger partial charge in [-0.2, -0.15) is 0 Å². The molecule has 2 aromatic rings. The summed E-state index contributed by atoms with van der Waals surface area (Å²) in [5.41, 5.74) is 1.41. The van der Waals surface area contributed by atoms with Crippen LogP contribution in [0, 0.1) is 0 Å². The molecule has 132 valence electrons. The van der Waals surface area contributed by atoms with Gasteiger partial charge in [0.2, 0.25) is 5.75 Å². The molecule has 6 heteroatoms. The molecule has 0 aliphatic carbocycles. The number of carbonyl (C=O) groups excluding carboxylic acids is 1. The van der Waals surface area contributed by atoms with Crippen molar-refractivity contribution in [2.75, 3.05) is 14.2 Å². The zero-order valence-electron chi connectivity index (χ0n) is 14.3. The molecule has 0 spiro atoms. The van der Waals surface area contributed by atoms with Crippen molar-refractivity contribution >= 4 is 12.0 Å². The number of carbonyl (C=O) groups is 1. The second-order valence-corrected chi connectivity index (χ2v) is 5.23. The van der Waals surface area contributed by atoms with E-state index in [0.29, 0.717) is 23.5 Å². The summed E-state index contributed by atoms with van der Waals surface area (Å²) >= 11 is 0. The summed E-state index contributed by atoms with van der Waals surface area (Å²) in [6, 6.07) is 8.44. The summed E-state index contributed by atoms with van der Waals surface area (Å²) in [6.07, 6.45) is 4.08. The molecule has 2 aromatic carbocycles. The van der Waals surface area contributed by atoms with Crippen LogP contribution in [0.2, 0.25) is 0 Å². The highest BCUT2D eigenvalue weighted by molar-refractivity contribution is 5.71. The normalized spacial score (nSPS) is 10.7. The Morgan fingerprint density at radius 1 is 1.00 bits per heavy atom. The highest BCUT2D eigenvalue weighted by atomic mass is 16.6. The molecule has 0 amide bonds. The number of ether oxygens (including phenoxy) is 3. The first-order valence-electron chi connectivity index (χ1n) is 7.57. The molecule has 0 atom stereocenters. The minimum absolute atomic E-state index is 0.202. The Hall–Kier alpha value is -3.15. The van der Waals surface area contributed by atoms with E-state index < -0.39 is 5.97 Å². The van der Waals surface area contributed by atoms with Crippen LogP contribution in [0.5, 0.6) is 28.7 Å². The summed E-state index contributed by atoms with van der Waals surface area (Å²) < 4.78 is 15.2. The Kier molecular flexibility index (Phi) is 5.89. The van der Waals surface area contributed by atoms with Crippen LogP contribution in [0.3, 0.4) is 0 Å². The van der Waals surface area contributed by atoms with Crippen LogP contribution in [-0.4, -0.2) is 30.4 Å². The van der Waals surface area contributed by atoms with Gasteiger partial charge in [-0.3, -0.25) is 4.79 Å². The molecule has 25 heavy (non-hydrogen) atoms. The third-order valence-corrected chi connectivity index (χ3v) is 3.51. The number of phenolic OH excluding ortho intramolecular Hbond substituents is 2. The largest absolute Gasteiger partial charge is 0.504 e. The van der Waals surface area contributed by atoms with E-state index in [1.54, 1.807) is 30.3 Å². The van der Waals surface area contributed by atoms with Crippen molar-refractivity contribution in [1.29, 1.82) is 0 Å². The monoisotopic (exact) mass is 344 g/mol. The third-order valence-electron chi connectivity index (χ3n) is 3.51. The summed E-state index contributed by atoms with van der Waals surface area (Å²) in [4.78, 5) is 11.1. The highest BCUT2D eigenvalue weighted by Gasteiger charge is 2.11. The molecule has 6 nitrogen and oxygen atoms in total. The molecular weight excluding hydrogens is 324 g/mol. The van der Waals surface area contributed by atoms with Gasteiger partial charge in [-0.25, -0.2) is 0 Å². The van der Waals surface area contributed by atoms with Crippen LogP contribution in [0.1, 0.15) is 18.1 Å². The van der Waals surface area contributed by atoms with E-state index in [9.17, 15) is 15.0 Å². The minimum atomic E-state index is -0.420. The molecule has 0 radical (unpaired) electrons. The molecule has 0 heterocycles. The Morgan fingerprint density at radius 3 is 2.32 bits per heavy atom. The van der Waals surface area contributed by atoms with Crippen LogP contribution in [0.4, 0.5) is 0 Å². The average Bonchev–Trinajstić information content (AvgIpc) is 2.59. The summed E-state index contributed by atoms with van der Waals surface area (Å²) in [7, 11) is 2.91. The Morgan fingerprint density at radius 2 is 1.68 bits per heavy atom. The molecule has 0 aliphatic rings. The summed E-state index contributed by atoms with van der Waals surface area (Å²) in [5.74, 6) is 0.118. The fourth-order valence-electron chi connectivity index (χ4n) is 2.28. The zero-order valence-corrected chi connectivity index (χ0v) is 14.3. The molecule has 0 saturated carbocycles. The van der Waals surface area contributed by atoms with E-state index in [0.717, 1.165) is 5.56 Å². The SMILES string of the molecule is COc1cc(/C=C/Cc2ccc(OC)c(O)c2O)ccc1OC(C)=O. The first kappa shape index (κ1) is 18.2. The molecule has 0 unspecified atom stereocenters. The van der Waals surface area contributed by atoms with Gasteiger partial charge < -0.3 is 24.4 Å². The number of hydrogen-bond acceptors (Lipinski definition) is 6. The fraction of sp³-hybridized carbons (Fsp3) is 0.211. The standard InChI is InChI=1S/C19H20O6/c1-12(20)25-15-9-7-13(11-17(15)24-3)5-4-6-14-8-10-16(23-2)19(22)18(14)21/h4-5,7-11,21-22H,6H2,1-3H3/b5-4+. The topological polar surface area (TPSA) is 85.2 Å². The van der Waals surface area contributed by atoms with Crippen molar-refractivity contribution in [3.05, 3.63) is 47.5 Å². The van der Waals surface area contributed by atoms with E-state index >= 15 is 0 Å². The van der Waals surface area contributed by atoms with Gasteiger partial charge in [-0.15, -0.1) is 0 Å². The number of esters is 1. The van der Waals surface area contributed by atoms with Gasteiger partial charge in [0.25, 0.3) is 0 Å². The van der Waals surface area contributed by atoms with Crippen molar-refractivity contribution in [1.82, 2.24) is 0 Å². The smallest absolute Gasteiger partial charge is 0.308 e. The average molecular weight is 344 g/mol. The molecule has 2 N–H and O–H groups in total. The van der Waals surface area contributed by atoms with Crippen LogP contribution in [-0.2, 0) is 11.2 Å². The number of allylic oxidation sites excluding steroid dienone is 1. The zero-order chi connectivity index (χ0) is 18.4. The van der Waals surface area contributed by atoms with Gasteiger partial charge >= 0.3 is 5.97 Å². The third kappa shape index (κ3) is 4.44. The van der Waals surface area contributed by atoms with E-state index in [1.165, 1.54) is 21.1 Å². The minimum Gasteiger partial charge on any atom is -0.504 e. The number of benzene rings is 2. The highest BCUT2D eigenvalue weighted by Crippen LogP contribution is 2.38. The molecule has 0 aliphatic heterocycles. The van der Waals surface area contributed by atoms with Gasteiger partial charge in [0, 0.05) is 12.5 Å². The number of methoxy groups -OCH3 is 2. The van der Waals surface area contributed by atoms with E-state index in [-0.39, 0.29) is 17.2 Å². The fourth-order valence-corrected chi connectivity index (χ4v) is 2.28.